The van der Waals surface area contributed by atoms with E-state index in [0.717, 1.165) is 33.8 Å². The van der Waals surface area contributed by atoms with E-state index < -0.39 is 0 Å². The third-order valence-corrected chi connectivity index (χ3v) is 5.08. The lowest BCUT2D eigenvalue weighted by Gasteiger charge is -2.16. The number of rotatable bonds is 6. The van der Waals surface area contributed by atoms with E-state index in [9.17, 15) is 0 Å². The zero-order valence-corrected chi connectivity index (χ0v) is 14.8. The molecule has 2 heterocycles. The third-order valence-electron chi connectivity index (χ3n) is 3.29. The lowest BCUT2D eigenvalue weighted by atomic mass is 10.2. The van der Waals surface area contributed by atoms with Gasteiger partial charge >= 0.3 is 0 Å². The van der Waals surface area contributed by atoms with Gasteiger partial charge in [0.05, 0.1) is 29.6 Å². The average molecular weight is 342 g/mol. The number of aryl methyl sites for hydroxylation is 1. The predicted octanol–water partition coefficient (Wildman–Crippen LogP) is 4.17. The minimum atomic E-state index is 0.742. The van der Waals surface area contributed by atoms with Crippen molar-refractivity contribution in [2.75, 3.05) is 11.9 Å². The smallest absolute Gasteiger partial charge is 0.148 e. The lowest BCUT2D eigenvalue weighted by Crippen LogP contribution is -2.18. The molecule has 0 aliphatic rings. The molecule has 23 heavy (non-hydrogen) atoms. The Balaban J connectivity index is 1.64. The maximum Gasteiger partial charge on any atom is 0.148 e. The Morgan fingerprint density at radius 1 is 1.13 bits per heavy atom. The highest BCUT2D eigenvalue weighted by atomic mass is 32.2. The van der Waals surface area contributed by atoms with E-state index >= 15 is 0 Å². The van der Waals surface area contributed by atoms with Crippen LogP contribution in [0.5, 0.6) is 0 Å². The standard InChI is InChI=1S/C17H18N4S2/c1-13-19-15(12-22-13)10-21(2)16-8-18-9-17(20-16)23-11-14-6-4-3-5-7-14/h3-9,12H,10-11H2,1-2H3. The van der Waals surface area contributed by atoms with Crippen LogP contribution in [0.3, 0.4) is 0 Å². The highest BCUT2D eigenvalue weighted by Crippen LogP contribution is 2.22. The Morgan fingerprint density at radius 2 is 1.96 bits per heavy atom. The lowest BCUT2D eigenvalue weighted by molar-refractivity contribution is 0.849. The van der Waals surface area contributed by atoms with E-state index in [1.165, 1.54) is 5.56 Å². The van der Waals surface area contributed by atoms with Gasteiger partial charge in [-0.25, -0.2) is 9.97 Å². The molecule has 0 bridgehead atoms. The summed E-state index contributed by atoms with van der Waals surface area (Å²) in [5.41, 5.74) is 2.36. The topological polar surface area (TPSA) is 41.9 Å². The summed E-state index contributed by atoms with van der Waals surface area (Å²) in [6.07, 6.45) is 3.61. The monoisotopic (exact) mass is 342 g/mol. The SMILES string of the molecule is Cc1nc(CN(C)c2cncc(SCc3ccccc3)n2)cs1. The Hall–Kier alpha value is -1.92. The van der Waals surface area contributed by atoms with Gasteiger partial charge in [0, 0.05) is 18.2 Å². The van der Waals surface area contributed by atoms with Crippen LogP contribution in [0.25, 0.3) is 0 Å². The molecule has 0 spiro atoms. The molecule has 0 amide bonds. The van der Waals surface area contributed by atoms with Gasteiger partial charge < -0.3 is 4.90 Å². The highest BCUT2D eigenvalue weighted by Gasteiger charge is 2.08. The van der Waals surface area contributed by atoms with Gasteiger partial charge in [-0.05, 0) is 12.5 Å². The quantitative estimate of drug-likeness (QED) is 0.629. The maximum atomic E-state index is 4.69. The van der Waals surface area contributed by atoms with E-state index in [2.05, 4.69) is 44.5 Å². The third kappa shape index (κ3) is 4.53. The van der Waals surface area contributed by atoms with Crippen molar-refractivity contribution in [3.05, 3.63) is 64.4 Å². The van der Waals surface area contributed by atoms with Gasteiger partial charge in [0.2, 0.25) is 0 Å². The van der Waals surface area contributed by atoms with Crippen molar-refractivity contribution in [1.29, 1.82) is 0 Å². The minimum absolute atomic E-state index is 0.742. The number of anilines is 1. The van der Waals surface area contributed by atoms with Gasteiger partial charge in [-0.2, -0.15) is 0 Å². The molecule has 0 aliphatic heterocycles. The summed E-state index contributed by atoms with van der Waals surface area (Å²) >= 11 is 3.37. The average Bonchev–Trinajstić information content (AvgIpc) is 2.99. The molecule has 2 aromatic heterocycles. The molecule has 0 fully saturated rings. The highest BCUT2D eigenvalue weighted by molar-refractivity contribution is 7.98. The van der Waals surface area contributed by atoms with Crippen LogP contribution in [0.1, 0.15) is 16.3 Å². The first kappa shape index (κ1) is 16.0. The number of hydrogen-bond donors (Lipinski definition) is 0. The van der Waals surface area contributed by atoms with Crippen LogP contribution in [0.2, 0.25) is 0 Å². The van der Waals surface area contributed by atoms with Crippen LogP contribution in [-0.4, -0.2) is 22.0 Å². The number of thiazole rings is 1. The first-order chi connectivity index (χ1) is 11.2. The van der Waals surface area contributed by atoms with E-state index in [0.29, 0.717) is 0 Å². The minimum Gasteiger partial charge on any atom is -0.352 e. The van der Waals surface area contributed by atoms with Gasteiger partial charge in [-0.3, -0.25) is 4.98 Å². The van der Waals surface area contributed by atoms with Crippen LogP contribution in [-0.2, 0) is 12.3 Å². The van der Waals surface area contributed by atoms with Crippen molar-refractivity contribution < 1.29 is 0 Å². The van der Waals surface area contributed by atoms with Crippen molar-refractivity contribution in [2.24, 2.45) is 0 Å². The fourth-order valence-corrected chi connectivity index (χ4v) is 3.53. The molecule has 0 radical (unpaired) electrons. The molecule has 0 saturated heterocycles. The van der Waals surface area contributed by atoms with Crippen molar-refractivity contribution >= 4 is 28.9 Å². The van der Waals surface area contributed by atoms with Crippen LogP contribution in [0.4, 0.5) is 5.82 Å². The molecule has 6 heteroatoms. The summed E-state index contributed by atoms with van der Waals surface area (Å²) in [4.78, 5) is 15.6. The Kier molecular flexibility index (Phi) is 5.25. The summed E-state index contributed by atoms with van der Waals surface area (Å²) < 4.78 is 0. The molecule has 0 aliphatic carbocycles. The molecule has 118 valence electrons. The van der Waals surface area contributed by atoms with Crippen molar-refractivity contribution in [3.63, 3.8) is 0 Å². The van der Waals surface area contributed by atoms with Gasteiger partial charge in [0.1, 0.15) is 10.8 Å². The van der Waals surface area contributed by atoms with Crippen molar-refractivity contribution in [2.45, 2.75) is 24.2 Å². The first-order valence-corrected chi connectivity index (χ1v) is 9.18. The molecule has 3 aromatic rings. The number of aromatic nitrogens is 3. The maximum absolute atomic E-state index is 4.69. The molecule has 0 unspecified atom stereocenters. The molecule has 1 aromatic carbocycles. The number of benzene rings is 1. The second-order valence-electron chi connectivity index (χ2n) is 5.20. The predicted molar refractivity (Wildman–Crippen MR) is 97.0 cm³/mol. The Labute approximate surface area is 144 Å². The van der Waals surface area contributed by atoms with Gasteiger partial charge in [-0.15, -0.1) is 23.1 Å². The van der Waals surface area contributed by atoms with Crippen LogP contribution < -0.4 is 4.90 Å². The summed E-state index contributed by atoms with van der Waals surface area (Å²) in [6.45, 7) is 2.76. The van der Waals surface area contributed by atoms with E-state index in [1.54, 1.807) is 29.3 Å². The fourth-order valence-electron chi connectivity index (χ4n) is 2.13. The van der Waals surface area contributed by atoms with Crippen LogP contribution in [0, 0.1) is 6.92 Å². The summed E-state index contributed by atoms with van der Waals surface area (Å²) in [5, 5.41) is 4.12. The summed E-state index contributed by atoms with van der Waals surface area (Å²) in [5.74, 6) is 1.77. The van der Waals surface area contributed by atoms with E-state index in [4.69, 9.17) is 4.98 Å². The zero-order chi connectivity index (χ0) is 16.1. The van der Waals surface area contributed by atoms with Crippen LogP contribution >= 0.6 is 23.1 Å². The summed E-state index contributed by atoms with van der Waals surface area (Å²) in [6, 6.07) is 10.4. The Morgan fingerprint density at radius 3 is 2.70 bits per heavy atom. The molecular formula is C17H18N4S2. The molecular weight excluding hydrogens is 324 g/mol. The van der Waals surface area contributed by atoms with E-state index in [1.807, 2.05) is 26.2 Å². The van der Waals surface area contributed by atoms with Gasteiger partial charge in [-0.1, -0.05) is 30.3 Å². The molecule has 0 saturated carbocycles. The van der Waals surface area contributed by atoms with Crippen LogP contribution in [0.15, 0.2) is 53.1 Å². The summed E-state index contributed by atoms with van der Waals surface area (Å²) in [7, 11) is 2.02. The molecule has 4 nitrogen and oxygen atoms in total. The second kappa shape index (κ2) is 7.57. The molecule has 0 N–H and O–H groups in total. The van der Waals surface area contributed by atoms with Gasteiger partial charge in [0.15, 0.2) is 0 Å². The molecule has 0 atom stereocenters. The zero-order valence-electron chi connectivity index (χ0n) is 13.1. The largest absolute Gasteiger partial charge is 0.352 e. The normalized spacial score (nSPS) is 10.7. The van der Waals surface area contributed by atoms with Crippen molar-refractivity contribution in [1.82, 2.24) is 15.0 Å². The first-order valence-electron chi connectivity index (χ1n) is 7.31. The number of hydrogen-bond acceptors (Lipinski definition) is 6. The number of nitrogens with zero attached hydrogens (tertiary/aromatic N) is 4. The second-order valence-corrected chi connectivity index (χ2v) is 7.26. The molecule has 3 rings (SSSR count). The number of thioether (sulfide) groups is 1. The Bertz CT molecular complexity index is 758. The van der Waals surface area contributed by atoms with E-state index in [-0.39, 0.29) is 0 Å². The van der Waals surface area contributed by atoms with Crippen molar-refractivity contribution in [3.8, 4) is 0 Å². The van der Waals surface area contributed by atoms with Gasteiger partial charge in [0.25, 0.3) is 0 Å². The fraction of sp³-hybridized carbons (Fsp3) is 0.235.